The topological polar surface area (TPSA) is 37.3 Å². The normalized spacial score (nSPS) is 11.6. The van der Waals surface area contributed by atoms with Crippen LogP contribution in [0.5, 0.6) is 0 Å². The van der Waals surface area contributed by atoms with Crippen LogP contribution in [0.2, 0.25) is 5.02 Å². The van der Waals surface area contributed by atoms with Crippen molar-refractivity contribution in [2.45, 2.75) is 19.5 Å². The standard InChI is InChI=1S/C10H7ClF4O2/c1-2-4-7(9(16)17)6(12)3-5(8(4)11)10(13,14)15/h3H,2H2,1H3,(H,16,17). The van der Waals surface area contributed by atoms with Crippen LogP contribution in [0.1, 0.15) is 28.4 Å². The molecule has 1 rings (SSSR count). The highest BCUT2D eigenvalue weighted by Gasteiger charge is 2.36. The highest BCUT2D eigenvalue weighted by molar-refractivity contribution is 6.32. The van der Waals surface area contributed by atoms with E-state index in [0.717, 1.165) is 0 Å². The summed E-state index contributed by atoms with van der Waals surface area (Å²) in [5.74, 6) is -3.08. The number of carboxylic acids is 1. The van der Waals surface area contributed by atoms with Gasteiger partial charge in [0.1, 0.15) is 5.82 Å². The molecule has 0 unspecified atom stereocenters. The molecule has 0 amide bonds. The molecule has 0 fully saturated rings. The Hall–Kier alpha value is -1.30. The maximum absolute atomic E-state index is 13.3. The van der Waals surface area contributed by atoms with Crippen molar-refractivity contribution in [2.75, 3.05) is 0 Å². The predicted molar refractivity (Wildman–Crippen MR) is 52.7 cm³/mol. The van der Waals surface area contributed by atoms with Crippen LogP contribution in [0.25, 0.3) is 0 Å². The van der Waals surface area contributed by atoms with Gasteiger partial charge in [-0.1, -0.05) is 18.5 Å². The van der Waals surface area contributed by atoms with Gasteiger partial charge in [-0.2, -0.15) is 13.2 Å². The third-order valence-electron chi connectivity index (χ3n) is 2.19. The molecule has 0 saturated carbocycles. The molecule has 0 aromatic heterocycles. The van der Waals surface area contributed by atoms with E-state index in [0.29, 0.717) is 0 Å². The second kappa shape index (κ2) is 4.52. The van der Waals surface area contributed by atoms with Gasteiger partial charge in [0.2, 0.25) is 0 Å². The zero-order chi connectivity index (χ0) is 13.4. The minimum Gasteiger partial charge on any atom is -0.478 e. The minimum atomic E-state index is -4.82. The first-order valence-corrected chi connectivity index (χ1v) is 4.89. The summed E-state index contributed by atoms with van der Waals surface area (Å²) in [5.41, 5.74) is -2.53. The van der Waals surface area contributed by atoms with Crippen molar-refractivity contribution in [3.63, 3.8) is 0 Å². The molecule has 0 heterocycles. The molecule has 94 valence electrons. The van der Waals surface area contributed by atoms with E-state index in [1.54, 1.807) is 0 Å². The van der Waals surface area contributed by atoms with Gasteiger partial charge >= 0.3 is 12.1 Å². The molecule has 1 aromatic carbocycles. The number of rotatable bonds is 2. The number of hydrogen-bond acceptors (Lipinski definition) is 1. The lowest BCUT2D eigenvalue weighted by molar-refractivity contribution is -0.137. The van der Waals surface area contributed by atoms with Crippen LogP contribution in [-0.2, 0) is 12.6 Å². The number of carboxylic acid groups (broad SMARTS) is 1. The maximum atomic E-state index is 13.3. The molecule has 0 saturated heterocycles. The molecular formula is C10H7ClF4O2. The number of benzene rings is 1. The van der Waals surface area contributed by atoms with Gasteiger partial charge in [-0.15, -0.1) is 0 Å². The highest BCUT2D eigenvalue weighted by atomic mass is 35.5. The maximum Gasteiger partial charge on any atom is 0.417 e. The van der Waals surface area contributed by atoms with Gasteiger partial charge < -0.3 is 5.11 Å². The number of halogens is 5. The average molecular weight is 271 g/mol. The highest BCUT2D eigenvalue weighted by Crippen LogP contribution is 2.38. The second-order valence-electron chi connectivity index (χ2n) is 3.23. The van der Waals surface area contributed by atoms with Gasteiger partial charge in [0.25, 0.3) is 0 Å². The van der Waals surface area contributed by atoms with Crippen LogP contribution in [0.15, 0.2) is 6.07 Å². The van der Waals surface area contributed by atoms with Gasteiger partial charge in [-0.25, -0.2) is 9.18 Å². The Morgan fingerprint density at radius 2 is 2.00 bits per heavy atom. The molecule has 0 aliphatic heterocycles. The smallest absolute Gasteiger partial charge is 0.417 e. The molecule has 2 nitrogen and oxygen atoms in total. The summed E-state index contributed by atoms with van der Waals surface area (Å²) in [5, 5.41) is 7.95. The van der Waals surface area contributed by atoms with Crippen LogP contribution in [0, 0.1) is 5.82 Å². The van der Waals surface area contributed by atoms with Crippen molar-refractivity contribution >= 4 is 17.6 Å². The summed E-state index contributed by atoms with van der Waals surface area (Å²) in [7, 11) is 0. The van der Waals surface area contributed by atoms with E-state index in [-0.39, 0.29) is 18.1 Å². The largest absolute Gasteiger partial charge is 0.478 e. The monoisotopic (exact) mass is 270 g/mol. The van der Waals surface area contributed by atoms with E-state index in [9.17, 15) is 22.4 Å². The fourth-order valence-electron chi connectivity index (χ4n) is 1.45. The average Bonchev–Trinajstić information content (AvgIpc) is 2.17. The summed E-state index contributed by atoms with van der Waals surface area (Å²) in [4.78, 5) is 10.7. The third-order valence-corrected chi connectivity index (χ3v) is 2.62. The van der Waals surface area contributed by atoms with E-state index in [1.807, 2.05) is 0 Å². The predicted octanol–water partition coefficient (Wildman–Crippen LogP) is 3.76. The van der Waals surface area contributed by atoms with E-state index in [4.69, 9.17) is 16.7 Å². The zero-order valence-corrected chi connectivity index (χ0v) is 9.29. The molecule has 0 bridgehead atoms. The Morgan fingerprint density at radius 1 is 1.47 bits per heavy atom. The number of hydrogen-bond donors (Lipinski definition) is 1. The van der Waals surface area contributed by atoms with Crippen LogP contribution < -0.4 is 0 Å². The Kier molecular flexibility index (Phi) is 3.66. The molecule has 17 heavy (non-hydrogen) atoms. The van der Waals surface area contributed by atoms with Gasteiger partial charge in [0.15, 0.2) is 0 Å². The lowest BCUT2D eigenvalue weighted by atomic mass is 10.0. The summed E-state index contributed by atoms with van der Waals surface area (Å²) in [6.45, 7) is 1.40. The Labute approximate surface area is 98.8 Å². The van der Waals surface area contributed by atoms with E-state index in [1.165, 1.54) is 6.92 Å². The van der Waals surface area contributed by atoms with Crippen LogP contribution >= 0.6 is 11.6 Å². The van der Waals surface area contributed by atoms with E-state index >= 15 is 0 Å². The van der Waals surface area contributed by atoms with Gasteiger partial charge in [-0.05, 0) is 18.1 Å². The van der Waals surface area contributed by atoms with E-state index < -0.39 is 34.1 Å². The lowest BCUT2D eigenvalue weighted by Crippen LogP contribution is -2.13. The fourth-order valence-corrected chi connectivity index (χ4v) is 1.84. The van der Waals surface area contributed by atoms with Gasteiger partial charge in [0.05, 0.1) is 16.1 Å². The number of alkyl halides is 3. The minimum absolute atomic E-state index is 0.102. The number of aromatic carboxylic acids is 1. The lowest BCUT2D eigenvalue weighted by Gasteiger charge is -2.14. The summed E-state index contributed by atoms with van der Waals surface area (Å²) < 4.78 is 50.8. The first-order valence-electron chi connectivity index (χ1n) is 4.51. The Morgan fingerprint density at radius 3 is 2.35 bits per heavy atom. The molecular weight excluding hydrogens is 264 g/mol. The van der Waals surface area contributed by atoms with Gasteiger partial charge in [0, 0.05) is 0 Å². The number of carbonyl (C=O) groups is 1. The molecule has 0 radical (unpaired) electrons. The molecule has 0 aliphatic rings. The van der Waals surface area contributed by atoms with Gasteiger partial charge in [-0.3, -0.25) is 0 Å². The second-order valence-corrected chi connectivity index (χ2v) is 3.61. The van der Waals surface area contributed by atoms with Crippen LogP contribution in [-0.4, -0.2) is 11.1 Å². The Bertz CT molecular complexity index is 468. The van der Waals surface area contributed by atoms with Crippen molar-refractivity contribution in [1.82, 2.24) is 0 Å². The molecule has 7 heteroatoms. The van der Waals surface area contributed by atoms with Crippen molar-refractivity contribution < 1.29 is 27.5 Å². The van der Waals surface area contributed by atoms with Crippen molar-refractivity contribution in [3.05, 3.63) is 33.6 Å². The molecule has 0 atom stereocenters. The molecule has 1 N–H and O–H groups in total. The fraction of sp³-hybridized carbons (Fsp3) is 0.300. The summed E-state index contributed by atoms with van der Waals surface area (Å²) in [6.07, 6.45) is -4.93. The van der Waals surface area contributed by atoms with E-state index in [2.05, 4.69) is 0 Å². The van der Waals surface area contributed by atoms with Crippen LogP contribution in [0.3, 0.4) is 0 Å². The summed E-state index contributed by atoms with van der Waals surface area (Å²) >= 11 is 5.46. The van der Waals surface area contributed by atoms with Crippen molar-refractivity contribution in [3.8, 4) is 0 Å². The first kappa shape index (κ1) is 13.8. The van der Waals surface area contributed by atoms with Crippen molar-refractivity contribution in [1.29, 1.82) is 0 Å². The Balaban J connectivity index is 3.64. The summed E-state index contributed by atoms with van der Waals surface area (Å²) in [6, 6.07) is 0.102. The first-order chi connectivity index (χ1) is 7.70. The SMILES string of the molecule is CCc1c(Cl)c(C(F)(F)F)cc(F)c1C(=O)O. The molecule has 0 aliphatic carbocycles. The molecule has 1 aromatic rings. The molecule has 0 spiro atoms. The third kappa shape index (κ3) is 2.52. The van der Waals surface area contributed by atoms with Crippen LogP contribution in [0.4, 0.5) is 17.6 Å². The van der Waals surface area contributed by atoms with Crippen molar-refractivity contribution in [2.24, 2.45) is 0 Å². The zero-order valence-electron chi connectivity index (χ0n) is 8.53. The quantitative estimate of drug-likeness (QED) is 0.831.